The summed E-state index contributed by atoms with van der Waals surface area (Å²) in [6, 6.07) is 0. The fraction of sp³-hybridized carbons (Fsp3) is 0.889. The molecule has 376 valence electrons. The largest absolute Gasteiger partial charge is 0.472 e. The van der Waals surface area contributed by atoms with Crippen LogP contribution in [0.1, 0.15) is 181 Å². The Hall–Kier alpha value is -1.59. The highest BCUT2D eigenvalue weighted by molar-refractivity contribution is 7.47. The van der Waals surface area contributed by atoms with Crippen molar-refractivity contribution in [1.82, 2.24) is 0 Å². The number of esters is 2. The van der Waals surface area contributed by atoms with E-state index in [2.05, 4.69) is 29.8 Å². The Morgan fingerprint density at radius 2 is 1.16 bits per heavy atom. The van der Waals surface area contributed by atoms with E-state index in [0.717, 1.165) is 50.9 Å². The van der Waals surface area contributed by atoms with Crippen LogP contribution in [-0.4, -0.2) is 110 Å². The molecule has 0 radical (unpaired) electrons. The lowest BCUT2D eigenvalue weighted by Gasteiger charge is -2.21. The Bertz CT molecular complexity index is 1370. The van der Waals surface area contributed by atoms with Gasteiger partial charge in [-0.2, -0.15) is 0 Å². The third kappa shape index (κ3) is 33.0. The molecule has 19 heteroatoms. The van der Waals surface area contributed by atoms with Gasteiger partial charge in [0.15, 0.2) is 6.10 Å². The lowest BCUT2D eigenvalue weighted by Crippen LogP contribution is -2.30. The number of ether oxygens (including phenoxy) is 2. The average Bonchev–Trinajstić information content (AvgIpc) is 3.49. The number of aliphatic hydroxyl groups is 4. The van der Waals surface area contributed by atoms with Crippen LogP contribution in [0.25, 0.3) is 0 Å². The zero-order valence-electron chi connectivity index (χ0n) is 38.9. The summed E-state index contributed by atoms with van der Waals surface area (Å²) in [6.07, 6.45) is 18.4. The third-order valence-corrected chi connectivity index (χ3v) is 12.7. The van der Waals surface area contributed by atoms with Crippen molar-refractivity contribution in [3.05, 3.63) is 12.2 Å². The summed E-state index contributed by atoms with van der Waals surface area (Å²) in [5, 5.41) is 41.1. The van der Waals surface area contributed by atoms with Crippen LogP contribution in [0.3, 0.4) is 0 Å². The minimum Gasteiger partial charge on any atom is -0.462 e. The smallest absolute Gasteiger partial charge is 0.462 e. The average molecular weight is 959 g/mol. The first-order chi connectivity index (χ1) is 30.3. The summed E-state index contributed by atoms with van der Waals surface area (Å²) in [5.74, 6) is -1.69. The highest BCUT2D eigenvalue weighted by atomic mass is 31.2. The van der Waals surface area contributed by atoms with Crippen molar-refractivity contribution in [3.63, 3.8) is 0 Å². The number of phosphoric ester groups is 2. The van der Waals surface area contributed by atoms with Crippen molar-refractivity contribution in [1.29, 1.82) is 0 Å². The molecule has 1 rings (SSSR count). The van der Waals surface area contributed by atoms with Gasteiger partial charge in [-0.05, 0) is 31.6 Å². The van der Waals surface area contributed by atoms with Crippen LogP contribution in [-0.2, 0) is 46.6 Å². The topological polar surface area (TPSA) is 273 Å². The summed E-state index contributed by atoms with van der Waals surface area (Å²) in [6.45, 7) is 3.56. The number of hydrogen-bond acceptors (Lipinski definition) is 14. The molecule has 1 saturated carbocycles. The molecule has 0 bridgehead atoms. The van der Waals surface area contributed by atoms with Crippen molar-refractivity contribution >= 4 is 33.4 Å². The molecule has 1 aliphatic rings. The molecule has 0 aromatic carbocycles. The summed E-state index contributed by atoms with van der Waals surface area (Å²) in [5.41, 5.74) is 0. The molecule has 1 aliphatic carbocycles. The summed E-state index contributed by atoms with van der Waals surface area (Å²) in [7, 11) is -9.82. The molecule has 0 heterocycles. The Labute approximate surface area is 382 Å². The Morgan fingerprint density at radius 3 is 1.75 bits per heavy atom. The fourth-order valence-corrected chi connectivity index (χ4v) is 8.74. The van der Waals surface area contributed by atoms with E-state index in [1.165, 1.54) is 57.8 Å². The number of rotatable bonds is 41. The van der Waals surface area contributed by atoms with Gasteiger partial charge in [-0.15, -0.1) is 0 Å². The van der Waals surface area contributed by atoms with E-state index in [-0.39, 0.29) is 44.3 Å². The fourth-order valence-electron chi connectivity index (χ4n) is 7.59. The summed E-state index contributed by atoms with van der Waals surface area (Å²) >= 11 is 0. The maximum atomic E-state index is 12.9. The molecule has 0 aromatic heterocycles. The lowest BCUT2D eigenvalue weighted by atomic mass is 9.87. The molecule has 0 saturated heterocycles. The molecule has 0 aliphatic heterocycles. The number of hydrogen-bond donors (Lipinski definition) is 7. The van der Waals surface area contributed by atoms with Gasteiger partial charge >= 0.3 is 27.6 Å². The molecule has 0 aromatic rings. The van der Waals surface area contributed by atoms with Gasteiger partial charge in [-0.25, -0.2) is 9.13 Å². The van der Waals surface area contributed by atoms with Gasteiger partial charge in [0.25, 0.3) is 0 Å². The number of carbonyl (C=O) groups excluding carboxylic acids is 3. The number of ketones is 1. The number of Topliss-reactive ketones (excluding diaryl/α,β-unsaturated/α-hetero) is 1. The molecule has 8 atom stereocenters. The van der Waals surface area contributed by atoms with Crippen LogP contribution >= 0.6 is 15.6 Å². The molecule has 64 heavy (non-hydrogen) atoms. The van der Waals surface area contributed by atoms with Gasteiger partial charge in [-0.3, -0.25) is 28.0 Å². The van der Waals surface area contributed by atoms with E-state index < -0.39 is 96.4 Å². The first-order valence-electron chi connectivity index (χ1n) is 23.9. The molecule has 1 fully saturated rings. The van der Waals surface area contributed by atoms with Crippen LogP contribution < -0.4 is 0 Å². The maximum Gasteiger partial charge on any atom is 0.472 e. The predicted octanol–water partition coefficient (Wildman–Crippen LogP) is 7.93. The van der Waals surface area contributed by atoms with Gasteiger partial charge in [0, 0.05) is 43.9 Å². The zero-order valence-corrected chi connectivity index (χ0v) is 40.7. The molecular formula is C45H84O17P2. The summed E-state index contributed by atoms with van der Waals surface area (Å²) < 4.78 is 47.8. The predicted molar refractivity (Wildman–Crippen MR) is 242 cm³/mol. The van der Waals surface area contributed by atoms with Crippen LogP contribution in [0.15, 0.2) is 12.2 Å². The number of unbranched alkanes of at least 4 members (excludes halogenated alkanes) is 15. The monoisotopic (exact) mass is 959 g/mol. The van der Waals surface area contributed by atoms with E-state index in [9.17, 15) is 48.8 Å². The minimum atomic E-state index is -4.91. The van der Waals surface area contributed by atoms with Crippen LogP contribution in [0, 0.1) is 17.8 Å². The van der Waals surface area contributed by atoms with E-state index in [1.807, 2.05) is 0 Å². The molecule has 0 amide bonds. The zero-order chi connectivity index (χ0) is 47.8. The molecule has 1 unspecified atom stereocenters. The highest BCUT2D eigenvalue weighted by Gasteiger charge is 2.41. The first-order valence-corrected chi connectivity index (χ1v) is 26.9. The van der Waals surface area contributed by atoms with Crippen LogP contribution in [0.4, 0.5) is 0 Å². The normalized spacial score (nSPS) is 20.4. The standard InChI is InChI=1S/C45H84O17P2/c1-4-5-17-23-36(46)27-28-40-41(43(50)30-42(40)49)29-37(47)24-20-21-26-45(52)62-39(34-61-64(56,57)60-32-38(48)31-59-63(53,54)55)33-58-44(51)25-19-16-14-12-10-8-6-7-9-11-13-15-18-22-35(2)3/h27-28,35-36,38-43,46,48-50H,4-26,29-34H2,1-3H3,(H,56,57)(H2,53,54,55)/b28-27+/t36-,38-,39+,40+,41+,42+,43-/m0/s1. The molecule has 17 nitrogen and oxygen atoms in total. The van der Waals surface area contributed by atoms with E-state index in [1.54, 1.807) is 12.2 Å². The van der Waals surface area contributed by atoms with Crippen molar-refractivity contribution in [2.45, 2.75) is 212 Å². The number of aliphatic hydroxyl groups excluding tert-OH is 4. The van der Waals surface area contributed by atoms with Crippen LogP contribution in [0.5, 0.6) is 0 Å². The number of phosphoric acid groups is 2. The SMILES string of the molecule is CCCCC[C@H](O)/C=C/[C@@H]1[C@@H](CC(=O)CCCCC(=O)O[C@H](COC(=O)CCCCCCCCCCCCCCCC(C)C)COP(=O)(O)OC[C@@H](O)COP(=O)(O)O)[C@@H](O)C[C@H]1O. The second-order valence-electron chi connectivity index (χ2n) is 17.8. The maximum absolute atomic E-state index is 12.9. The lowest BCUT2D eigenvalue weighted by molar-refractivity contribution is -0.161. The van der Waals surface area contributed by atoms with Gasteiger partial charge in [-0.1, -0.05) is 136 Å². The van der Waals surface area contributed by atoms with Gasteiger partial charge in [0.2, 0.25) is 0 Å². The molecule has 7 N–H and O–H groups in total. The summed E-state index contributed by atoms with van der Waals surface area (Å²) in [4.78, 5) is 65.9. The van der Waals surface area contributed by atoms with Crippen molar-refractivity contribution < 1.29 is 81.7 Å². The Morgan fingerprint density at radius 1 is 0.641 bits per heavy atom. The van der Waals surface area contributed by atoms with Gasteiger partial charge in [0.05, 0.1) is 38.1 Å². The van der Waals surface area contributed by atoms with E-state index in [4.69, 9.17) is 23.8 Å². The molecule has 0 spiro atoms. The van der Waals surface area contributed by atoms with E-state index in [0.29, 0.717) is 19.3 Å². The van der Waals surface area contributed by atoms with Crippen molar-refractivity contribution in [3.8, 4) is 0 Å². The van der Waals surface area contributed by atoms with Crippen molar-refractivity contribution in [2.75, 3.05) is 26.4 Å². The van der Waals surface area contributed by atoms with Gasteiger partial charge in [0.1, 0.15) is 18.5 Å². The highest BCUT2D eigenvalue weighted by Crippen LogP contribution is 2.44. The Kier molecular flexibility index (Phi) is 33.6. The number of carbonyl (C=O) groups is 3. The Balaban J connectivity index is 2.55. The van der Waals surface area contributed by atoms with Crippen LogP contribution in [0.2, 0.25) is 0 Å². The quantitative estimate of drug-likeness (QED) is 0.0133. The first kappa shape index (κ1) is 60.4. The minimum absolute atomic E-state index is 0.0183. The van der Waals surface area contributed by atoms with Gasteiger partial charge < -0.3 is 44.6 Å². The van der Waals surface area contributed by atoms with Crippen molar-refractivity contribution in [2.24, 2.45) is 17.8 Å². The second-order valence-corrected chi connectivity index (χ2v) is 20.5. The second kappa shape index (κ2) is 35.5. The molecular weight excluding hydrogens is 874 g/mol. The third-order valence-electron chi connectivity index (χ3n) is 11.3. The van der Waals surface area contributed by atoms with E-state index >= 15 is 0 Å².